The first kappa shape index (κ1) is 12.8. The summed E-state index contributed by atoms with van der Waals surface area (Å²) in [6, 6.07) is 0. The second-order valence-corrected chi connectivity index (χ2v) is 6.02. The van der Waals surface area contributed by atoms with E-state index in [2.05, 4.69) is 39.1 Å². The van der Waals surface area contributed by atoms with Gasteiger partial charge in [-0.2, -0.15) is 0 Å². The van der Waals surface area contributed by atoms with E-state index in [1.807, 2.05) is 0 Å². The highest BCUT2D eigenvalue weighted by Gasteiger charge is 2.16. The fraction of sp³-hybridized carbons (Fsp3) is 0.857. The van der Waals surface area contributed by atoms with Crippen molar-refractivity contribution in [3.63, 3.8) is 0 Å². The molecule has 1 fully saturated rings. The van der Waals surface area contributed by atoms with Gasteiger partial charge in [0, 0.05) is 5.54 Å². The Balaban J connectivity index is 2.08. The predicted molar refractivity (Wildman–Crippen MR) is 68.1 cm³/mol. The summed E-state index contributed by atoms with van der Waals surface area (Å²) >= 11 is 0. The third kappa shape index (κ3) is 5.99. The molecule has 1 rings (SSSR count). The van der Waals surface area contributed by atoms with Crippen LogP contribution in [0.25, 0.3) is 0 Å². The van der Waals surface area contributed by atoms with E-state index in [0.717, 1.165) is 12.5 Å². The van der Waals surface area contributed by atoms with Gasteiger partial charge >= 0.3 is 0 Å². The molecule has 0 aromatic carbocycles. The van der Waals surface area contributed by atoms with Crippen LogP contribution in [0.3, 0.4) is 0 Å². The molecule has 1 nitrogen and oxygen atoms in total. The molecule has 88 valence electrons. The molecule has 0 heterocycles. The summed E-state index contributed by atoms with van der Waals surface area (Å²) in [7, 11) is 0. The van der Waals surface area contributed by atoms with Crippen LogP contribution in [0, 0.1) is 5.92 Å². The highest BCUT2D eigenvalue weighted by molar-refractivity contribution is 5.00. The summed E-state index contributed by atoms with van der Waals surface area (Å²) in [5.74, 6) is 1.01. The van der Waals surface area contributed by atoms with Crippen molar-refractivity contribution in [1.82, 2.24) is 5.32 Å². The Morgan fingerprint density at radius 1 is 1.33 bits per heavy atom. The van der Waals surface area contributed by atoms with Crippen LogP contribution in [-0.4, -0.2) is 12.1 Å². The SMILES string of the molecule is CC(=CCCNC(C)(C)C)CC1CCC1. The van der Waals surface area contributed by atoms with Crippen molar-refractivity contribution >= 4 is 0 Å². The monoisotopic (exact) mass is 209 g/mol. The molecule has 0 amide bonds. The average Bonchev–Trinajstić information content (AvgIpc) is 2.04. The van der Waals surface area contributed by atoms with Gasteiger partial charge in [0.25, 0.3) is 0 Å². The van der Waals surface area contributed by atoms with Crippen LogP contribution >= 0.6 is 0 Å². The Morgan fingerprint density at radius 3 is 2.47 bits per heavy atom. The predicted octanol–water partition coefficient (Wildman–Crippen LogP) is 3.90. The molecule has 0 bridgehead atoms. The van der Waals surface area contributed by atoms with E-state index in [1.165, 1.54) is 32.1 Å². The summed E-state index contributed by atoms with van der Waals surface area (Å²) in [6.07, 6.45) is 9.32. The fourth-order valence-corrected chi connectivity index (χ4v) is 2.00. The second-order valence-electron chi connectivity index (χ2n) is 6.02. The zero-order valence-electron chi connectivity index (χ0n) is 10.9. The molecule has 15 heavy (non-hydrogen) atoms. The first-order valence-corrected chi connectivity index (χ1v) is 6.38. The highest BCUT2D eigenvalue weighted by atomic mass is 14.9. The summed E-state index contributed by atoms with van der Waals surface area (Å²) in [5.41, 5.74) is 1.85. The van der Waals surface area contributed by atoms with Gasteiger partial charge in [0.05, 0.1) is 0 Å². The van der Waals surface area contributed by atoms with E-state index in [1.54, 1.807) is 5.57 Å². The van der Waals surface area contributed by atoms with Gasteiger partial charge in [0.1, 0.15) is 0 Å². The van der Waals surface area contributed by atoms with Gasteiger partial charge in [-0.05, 0) is 53.0 Å². The van der Waals surface area contributed by atoms with Crippen LogP contribution in [0.1, 0.15) is 59.8 Å². The van der Waals surface area contributed by atoms with E-state index in [0.29, 0.717) is 0 Å². The van der Waals surface area contributed by atoms with Gasteiger partial charge in [-0.15, -0.1) is 0 Å². The van der Waals surface area contributed by atoms with Crippen molar-refractivity contribution in [3.05, 3.63) is 11.6 Å². The van der Waals surface area contributed by atoms with Crippen molar-refractivity contribution in [2.24, 2.45) is 5.92 Å². The van der Waals surface area contributed by atoms with Crippen molar-refractivity contribution in [3.8, 4) is 0 Å². The van der Waals surface area contributed by atoms with Crippen molar-refractivity contribution in [2.75, 3.05) is 6.54 Å². The lowest BCUT2D eigenvalue weighted by molar-refractivity contribution is 0.313. The minimum Gasteiger partial charge on any atom is -0.312 e. The van der Waals surface area contributed by atoms with Crippen molar-refractivity contribution in [2.45, 2.75) is 65.3 Å². The lowest BCUT2D eigenvalue weighted by Crippen LogP contribution is -2.36. The van der Waals surface area contributed by atoms with Crippen LogP contribution in [0.5, 0.6) is 0 Å². The van der Waals surface area contributed by atoms with Crippen LogP contribution in [0.2, 0.25) is 0 Å². The molecule has 0 atom stereocenters. The summed E-state index contributed by atoms with van der Waals surface area (Å²) in [6.45, 7) is 10.1. The molecular formula is C14H27N. The molecule has 0 aromatic heterocycles. The largest absolute Gasteiger partial charge is 0.312 e. The van der Waals surface area contributed by atoms with Crippen molar-refractivity contribution < 1.29 is 0 Å². The van der Waals surface area contributed by atoms with Crippen LogP contribution in [0.15, 0.2) is 11.6 Å². The maximum atomic E-state index is 3.51. The molecule has 1 N–H and O–H groups in total. The fourth-order valence-electron chi connectivity index (χ4n) is 2.00. The van der Waals surface area contributed by atoms with Gasteiger partial charge < -0.3 is 5.32 Å². The molecule has 0 aromatic rings. The lowest BCUT2D eigenvalue weighted by atomic mass is 9.81. The third-order valence-electron chi connectivity index (χ3n) is 3.13. The standard InChI is InChI=1S/C14H27N/c1-12(11-13-8-5-9-13)7-6-10-15-14(2,3)4/h7,13,15H,5-6,8-11H2,1-4H3. The minimum atomic E-state index is 0.260. The Bertz CT molecular complexity index is 206. The Morgan fingerprint density at radius 2 is 2.00 bits per heavy atom. The smallest absolute Gasteiger partial charge is 0.00966 e. The number of allylic oxidation sites excluding steroid dienone is 1. The summed E-state index contributed by atoms with van der Waals surface area (Å²) < 4.78 is 0. The number of nitrogens with one attached hydrogen (secondary N) is 1. The quantitative estimate of drug-likeness (QED) is 0.535. The Kier molecular flexibility index (Phi) is 4.85. The van der Waals surface area contributed by atoms with Gasteiger partial charge in [0.15, 0.2) is 0 Å². The first-order valence-electron chi connectivity index (χ1n) is 6.38. The lowest BCUT2D eigenvalue weighted by Gasteiger charge is -2.25. The van der Waals surface area contributed by atoms with E-state index in [-0.39, 0.29) is 5.54 Å². The first-order chi connectivity index (χ1) is 6.97. The topological polar surface area (TPSA) is 12.0 Å². The maximum absolute atomic E-state index is 3.51. The molecule has 1 saturated carbocycles. The Labute approximate surface area is 95.3 Å². The molecule has 1 aliphatic carbocycles. The molecule has 0 aliphatic heterocycles. The minimum absolute atomic E-state index is 0.260. The van der Waals surface area contributed by atoms with Gasteiger partial charge in [-0.1, -0.05) is 30.9 Å². The maximum Gasteiger partial charge on any atom is 0.00966 e. The molecule has 0 saturated heterocycles. The van der Waals surface area contributed by atoms with E-state index in [9.17, 15) is 0 Å². The Hall–Kier alpha value is -0.300. The van der Waals surface area contributed by atoms with Gasteiger partial charge in [-0.3, -0.25) is 0 Å². The molecule has 1 aliphatic rings. The number of rotatable bonds is 5. The average molecular weight is 209 g/mol. The van der Waals surface area contributed by atoms with Crippen molar-refractivity contribution in [1.29, 1.82) is 0 Å². The van der Waals surface area contributed by atoms with Crippen LogP contribution in [0.4, 0.5) is 0 Å². The molecule has 0 radical (unpaired) electrons. The van der Waals surface area contributed by atoms with Gasteiger partial charge in [0.2, 0.25) is 0 Å². The third-order valence-corrected chi connectivity index (χ3v) is 3.13. The molecule has 1 heteroatoms. The van der Waals surface area contributed by atoms with Crippen LogP contribution < -0.4 is 5.32 Å². The molecular weight excluding hydrogens is 182 g/mol. The van der Waals surface area contributed by atoms with E-state index < -0.39 is 0 Å². The van der Waals surface area contributed by atoms with E-state index in [4.69, 9.17) is 0 Å². The number of hydrogen-bond donors (Lipinski definition) is 1. The summed E-state index contributed by atoms with van der Waals surface area (Å²) in [5, 5.41) is 3.51. The summed E-state index contributed by atoms with van der Waals surface area (Å²) in [4.78, 5) is 0. The zero-order valence-corrected chi connectivity index (χ0v) is 10.9. The highest BCUT2D eigenvalue weighted by Crippen LogP contribution is 2.31. The number of hydrogen-bond acceptors (Lipinski definition) is 1. The molecule has 0 unspecified atom stereocenters. The zero-order chi connectivity index (χ0) is 11.3. The second kappa shape index (κ2) is 5.69. The van der Waals surface area contributed by atoms with Crippen LogP contribution in [-0.2, 0) is 0 Å². The van der Waals surface area contributed by atoms with E-state index >= 15 is 0 Å². The molecule has 0 spiro atoms. The van der Waals surface area contributed by atoms with Gasteiger partial charge in [-0.25, -0.2) is 0 Å². The normalized spacial score (nSPS) is 19.1.